The van der Waals surface area contributed by atoms with Crippen molar-refractivity contribution in [2.45, 2.75) is 39.7 Å². The number of pyridine rings is 1. The molecule has 6 heteroatoms. The van der Waals surface area contributed by atoms with E-state index in [-0.39, 0.29) is 17.7 Å². The first kappa shape index (κ1) is 17.6. The van der Waals surface area contributed by atoms with E-state index in [2.05, 4.69) is 10.3 Å². The third kappa shape index (κ3) is 4.52. The fourth-order valence-corrected chi connectivity index (χ4v) is 2.33. The van der Waals surface area contributed by atoms with Crippen molar-refractivity contribution < 1.29 is 13.5 Å². The molecule has 0 amide bonds. The molecule has 0 bridgehead atoms. The van der Waals surface area contributed by atoms with Gasteiger partial charge in [0.15, 0.2) is 23.3 Å². The van der Waals surface area contributed by atoms with Gasteiger partial charge in [-0.05, 0) is 19.8 Å². The quantitative estimate of drug-likeness (QED) is 0.758. The molecule has 0 aliphatic carbocycles. The Morgan fingerprint density at radius 2 is 1.90 bits per heavy atom. The molecule has 0 atom stereocenters. The summed E-state index contributed by atoms with van der Waals surface area (Å²) in [5.74, 6) is -1.05. The Labute approximate surface area is 125 Å². The summed E-state index contributed by atoms with van der Waals surface area (Å²) < 4.78 is 33.0. The van der Waals surface area contributed by atoms with Crippen molar-refractivity contribution in [2.24, 2.45) is 0 Å². The number of aromatic nitrogens is 1. The molecule has 0 aromatic carbocycles. The Hall–Kier alpha value is -1.43. The highest BCUT2D eigenvalue weighted by Crippen LogP contribution is 2.25. The van der Waals surface area contributed by atoms with E-state index in [1.54, 1.807) is 7.11 Å². The second kappa shape index (κ2) is 8.77. The lowest BCUT2D eigenvalue weighted by atomic mass is 10.1. The Balaban J connectivity index is 3.18. The fourth-order valence-electron chi connectivity index (χ4n) is 2.33. The number of halogens is 2. The van der Waals surface area contributed by atoms with Gasteiger partial charge in [0.1, 0.15) is 0 Å². The molecule has 0 aliphatic heterocycles. The van der Waals surface area contributed by atoms with Crippen molar-refractivity contribution in [3.8, 4) is 0 Å². The number of ether oxygens (including phenoxy) is 1. The molecule has 1 aromatic rings. The molecule has 0 saturated carbocycles. The highest BCUT2D eigenvalue weighted by atomic mass is 19.1. The van der Waals surface area contributed by atoms with E-state index in [9.17, 15) is 8.78 Å². The molecule has 0 aliphatic rings. The third-order valence-corrected chi connectivity index (χ3v) is 3.45. The molecule has 0 spiro atoms. The maximum Gasteiger partial charge on any atom is 0.168 e. The Morgan fingerprint density at radius 1 is 1.24 bits per heavy atom. The van der Waals surface area contributed by atoms with Gasteiger partial charge in [0.05, 0.1) is 6.61 Å². The molecular formula is C15H25F2N3O. The summed E-state index contributed by atoms with van der Waals surface area (Å²) in [4.78, 5) is 6.00. The van der Waals surface area contributed by atoms with E-state index < -0.39 is 11.6 Å². The summed E-state index contributed by atoms with van der Waals surface area (Å²) >= 11 is 0. The largest absolute Gasteiger partial charge is 0.383 e. The zero-order valence-electron chi connectivity index (χ0n) is 13.2. The minimum Gasteiger partial charge on any atom is -0.383 e. The first-order valence-corrected chi connectivity index (χ1v) is 7.44. The van der Waals surface area contributed by atoms with Gasteiger partial charge in [0.2, 0.25) is 0 Å². The van der Waals surface area contributed by atoms with Crippen molar-refractivity contribution in [1.82, 2.24) is 4.98 Å². The minimum atomic E-state index is -0.672. The lowest BCUT2D eigenvalue weighted by Crippen LogP contribution is -2.38. The first-order valence-electron chi connectivity index (χ1n) is 7.44. The number of hydrogen-bond acceptors (Lipinski definition) is 4. The normalized spacial score (nSPS) is 11.0. The van der Waals surface area contributed by atoms with Crippen LogP contribution in [0.4, 0.5) is 20.4 Å². The number of nitrogens with zero attached hydrogens (tertiary/aromatic N) is 2. The average molecular weight is 301 g/mol. The average Bonchev–Trinajstić information content (AvgIpc) is 2.47. The van der Waals surface area contributed by atoms with Gasteiger partial charge in [-0.15, -0.1) is 0 Å². The lowest BCUT2D eigenvalue weighted by molar-refractivity contribution is 0.202. The predicted molar refractivity (Wildman–Crippen MR) is 81.9 cm³/mol. The van der Waals surface area contributed by atoms with Gasteiger partial charge in [0, 0.05) is 32.3 Å². The highest BCUT2D eigenvalue weighted by Gasteiger charge is 2.22. The van der Waals surface area contributed by atoms with Crippen molar-refractivity contribution in [1.29, 1.82) is 0 Å². The van der Waals surface area contributed by atoms with Crippen molar-refractivity contribution in [3.05, 3.63) is 17.7 Å². The fraction of sp³-hybridized carbons (Fsp3) is 0.667. The first-order chi connectivity index (χ1) is 10.1. The van der Waals surface area contributed by atoms with Crippen LogP contribution < -0.4 is 10.2 Å². The number of nitrogens with one attached hydrogen (secondary N) is 1. The second-order valence-electron chi connectivity index (χ2n) is 4.81. The molecule has 120 valence electrons. The van der Waals surface area contributed by atoms with Gasteiger partial charge in [-0.25, -0.2) is 13.8 Å². The second-order valence-corrected chi connectivity index (χ2v) is 4.81. The van der Waals surface area contributed by atoms with Crippen LogP contribution in [-0.2, 0) is 4.74 Å². The summed E-state index contributed by atoms with van der Waals surface area (Å²) in [6.07, 6.45) is 1.71. The Morgan fingerprint density at radius 3 is 2.43 bits per heavy atom. The van der Waals surface area contributed by atoms with E-state index >= 15 is 0 Å². The summed E-state index contributed by atoms with van der Waals surface area (Å²) in [6, 6.07) is 1.03. The Kier molecular flexibility index (Phi) is 7.36. The smallest absolute Gasteiger partial charge is 0.168 e. The van der Waals surface area contributed by atoms with E-state index in [0.29, 0.717) is 19.7 Å². The van der Waals surface area contributed by atoms with Crippen molar-refractivity contribution in [3.63, 3.8) is 0 Å². The molecule has 1 N–H and O–H groups in total. The molecule has 21 heavy (non-hydrogen) atoms. The van der Waals surface area contributed by atoms with Crippen molar-refractivity contribution >= 4 is 11.6 Å². The number of anilines is 2. The van der Waals surface area contributed by atoms with Gasteiger partial charge in [-0.2, -0.15) is 0 Å². The molecule has 1 heterocycles. The molecular weight excluding hydrogens is 276 g/mol. The summed E-state index contributed by atoms with van der Waals surface area (Å²) in [6.45, 7) is 7.43. The Bertz CT molecular complexity index is 439. The van der Waals surface area contributed by atoms with Crippen LogP contribution >= 0.6 is 0 Å². The van der Waals surface area contributed by atoms with Gasteiger partial charge in [0.25, 0.3) is 0 Å². The van der Waals surface area contributed by atoms with Gasteiger partial charge < -0.3 is 15.0 Å². The van der Waals surface area contributed by atoms with E-state index in [4.69, 9.17) is 4.74 Å². The maximum atomic E-state index is 14.2. The summed E-state index contributed by atoms with van der Waals surface area (Å²) in [5, 5.41) is 2.82. The summed E-state index contributed by atoms with van der Waals surface area (Å²) in [7, 11) is 1.60. The van der Waals surface area contributed by atoms with E-state index in [0.717, 1.165) is 18.9 Å². The van der Waals surface area contributed by atoms with Crippen LogP contribution in [0.15, 0.2) is 6.07 Å². The molecule has 0 radical (unpaired) electrons. The van der Waals surface area contributed by atoms with Crippen LogP contribution in [0.5, 0.6) is 0 Å². The van der Waals surface area contributed by atoms with Crippen LogP contribution in [0.3, 0.4) is 0 Å². The van der Waals surface area contributed by atoms with Crippen molar-refractivity contribution in [2.75, 3.05) is 37.0 Å². The van der Waals surface area contributed by atoms with Crippen LogP contribution in [0.1, 0.15) is 33.6 Å². The summed E-state index contributed by atoms with van der Waals surface area (Å²) in [5.41, 5.74) is 0. The lowest BCUT2D eigenvalue weighted by Gasteiger charge is -2.32. The third-order valence-electron chi connectivity index (χ3n) is 3.45. The molecule has 4 nitrogen and oxygen atoms in total. The monoisotopic (exact) mass is 301 g/mol. The number of hydrogen-bond donors (Lipinski definition) is 1. The highest BCUT2D eigenvalue weighted by molar-refractivity contribution is 5.50. The van der Waals surface area contributed by atoms with Crippen LogP contribution in [0, 0.1) is 11.6 Å². The van der Waals surface area contributed by atoms with E-state index in [1.807, 2.05) is 25.7 Å². The number of rotatable bonds is 9. The molecule has 0 fully saturated rings. The van der Waals surface area contributed by atoms with Gasteiger partial charge >= 0.3 is 0 Å². The van der Waals surface area contributed by atoms with Gasteiger partial charge in [-0.3, -0.25) is 0 Å². The zero-order chi connectivity index (χ0) is 15.8. The maximum absolute atomic E-state index is 14.2. The molecule has 0 saturated heterocycles. The van der Waals surface area contributed by atoms with Crippen LogP contribution in [-0.4, -0.2) is 37.8 Å². The minimum absolute atomic E-state index is 0.0854. The van der Waals surface area contributed by atoms with Gasteiger partial charge in [-0.1, -0.05) is 13.8 Å². The van der Waals surface area contributed by atoms with E-state index in [1.165, 1.54) is 0 Å². The molecule has 1 rings (SSSR count). The number of methoxy groups -OCH3 is 1. The topological polar surface area (TPSA) is 37.4 Å². The zero-order valence-corrected chi connectivity index (χ0v) is 13.2. The molecule has 1 aromatic heterocycles. The van der Waals surface area contributed by atoms with Crippen LogP contribution in [0.25, 0.3) is 0 Å². The SMILES string of the molecule is CCNc1nc(N(CCOC)C(CC)CC)c(F)cc1F. The standard InChI is InChI=1S/C15H25F2N3O/c1-5-11(6-2)20(8-9-21-4)15-13(17)10-12(16)14(19-15)18-7-3/h10-11H,5-9H2,1-4H3,(H,18,19). The predicted octanol–water partition coefficient (Wildman–Crippen LogP) is 3.43. The molecule has 0 unspecified atom stereocenters. The van der Waals surface area contributed by atoms with Crippen LogP contribution in [0.2, 0.25) is 0 Å².